The van der Waals surface area contributed by atoms with Gasteiger partial charge in [-0.15, -0.1) is 0 Å². The lowest BCUT2D eigenvalue weighted by Gasteiger charge is -2.35. The van der Waals surface area contributed by atoms with Crippen LogP contribution in [-0.2, 0) is 0 Å². The lowest BCUT2D eigenvalue weighted by molar-refractivity contribution is -0.0867. The number of fused-ring (bicyclic) bond motifs is 1. The van der Waals surface area contributed by atoms with E-state index in [9.17, 15) is 8.78 Å². The average Bonchev–Trinajstić information content (AvgIpc) is 2.25. The van der Waals surface area contributed by atoms with Crippen molar-refractivity contribution in [2.75, 3.05) is 0 Å². The first kappa shape index (κ1) is 9.76. The molecule has 1 fully saturated rings. The third-order valence-electron chi connectivity index (χ3n) is 3.34. The maximum Gasteiger partial charge on any atom is 0.249 e. The molecule has 0 bridgehead atoms. The molecule has 0 aromatic heterocycles. The van der Waals surface area contributed by atoms with E-state index in [1.54, 1.807) is 0 Å². The molecule has 0 atom stereocenters. The zero-order valence-electron chi connectivity index (χ0n) is 8.79. The van der Waals surface area contributed by atoms with E-state index in [0.29, 0.717) is 0 Å². The maximum atomic E-state index is 12.8. The average molecular weight is 218 g/mol. The van der Waals surface area contributed by atoms with Crippen molar-refractivity contribution in [2.45, 2.75) is 24.7 Å². The largest absolute Gasteiger partial charge is 0.249 e. The minimum Gasteiger partial charge on any atom is -0.207 e. The first-order chi connectivity index (χ1) is 7.64. The van der Waals surface area contributed by atoms with Gasteiger partial charge in [-0.05, 0) is 22.3 Å². The predicted molar refractivity (Wildman–Crippen MR) is 60.9 cm³/mol. The van der Waals surface area contributed by atoms with Crippen molar-refractivity contribution in [1.29, 1.82) is 0 Å². The van der Waals surface area contributed by atoms with Crippen LogP contribution in [-0.4, -0.2) is 5.92 Å². The molecular formula is C14H12F2. The summed E-state index contributed by atoms with van der Waals surface area (Å²) in [7, 11) is 0. The summed E-state index contributed by atoms with van der Waals surface area (Å²) in [6.07, 6.45) is 0.0106. The highest BCUT2D eigenvalue weighted by Crippen LogP contribution is 2.48. The van der Waals surface area contributed by atoms with Crippen molar-refractivity contribution in [3.8, 4) is 0 Å². The molecule has 0 unspecified atom stereocenters. The first-order valence-corrected chi connectivity index (χ1v) is 5.51. The van der Waals surface area contributed by atoms with E-state index in [-0.39, 0.29) is 18.8 Å². The summed E-state index contributed by atoms with van der Waals surface area (Å²) >= 11 is 0. The van der Waals surface area contributed by atoms with Crippen molar-refractivity contribution in [3.05, 3.63) is 48.0 Å². The molecule has 2 aromatic rings. The summed E-state index contributed by atoms with van der Waals surface area (Å²) in [6, 6.07) is 14.0. The van der Waals surface area contributed by atoms with Gasteiger partial charge in [0.15, 0.2) is 0 Å². The summed E-state index contributed by atoms with van der Waals surface area (Å²) in [4.78, 5) is 0. The number of rotatable bonds is 1. The molecule has 0 N–H and O–H groups in total. The van der Waals surface area contributed by atoms with Crippen LogP contribution in [0.3, 0.4) is 0 Å². The second-order valence-electron chi connectivity index (χ2n) is 4.57. The molecule has 16 heavy (non-hydrogen) atoms. The molecule has 0 spiro atoms. The van der Waals surface area contributed by atoms with E-state index in [0.717, 1.165) is 16.3 Å². The molecule has 2 aromatic carbocycles. The topological polar surface area (TPSA) is 0 Å². The summed E-state index contributed by atoms with van der Waals surface area (Å²) in [5.74, 6) is -2.39. The van der Waals surface area contributed by atoms with Gasteiger partial charge < -0.3 is 0 Å². The molecular weight excluding hydrogens is 206 g/mol. The van der Waals surface area contributed by atoms with Gasteiger partial charge in [-0.25, -0.2) is 8.78 Å². The van der Waals surface area contributed by atoms with Crippen LogP contribution >= 0.6 is 0 Å². The van der Waals surface area contributed by atoms with Gasteiger partial charge >= 0.3 is 0 Å². The SMILES string of the molecule is FC1(F)CC(c2ccc3ccccc3c2)C1. The zero-order chi connectivity index (χ0) is 11.2. The number of halogens is 2. The van der Waals surface area contributed by atoms with E-state index in [2.05, 4.69) is 0 Å². The molecule has 82 valence electrons. The van der Waals surface area contributed by atoms with Gasteiger partial charge in [0.2, 0.25) is 5.92 Å². The molecule has 2 heteroatoms. The molecule has 0 heterocycles. The van der Waals surface area contributed by atoms with Gasteiger partial charge in [-0.3, -0.25) is 0 Å². The van der Waals surface area contributed by atoms with E-state index in [1.807, 2.05) is 42.5 Å². The minimum absolute atomic E-state index is 0.00530. The number of hydrogen-bond acceptors (Lipinski definition) is 0. The molecule has 1 saturated carbocycles. The van der Waals surface area contributed by atoms with Crippen LogP contribution in [0.2, 0.25) is 0 Å². The fourth-order valence-electron chi connectivity index (χ4n) is 2.36. The monoisotopic (exact) mass is 218 g/mol. The van der Waals surface area contributed by atoms with Crippen LogP contribution in [0.5, 0.6) is 0 Å². The Morgan fingerprint density at radius 2 is 1.62 bits per heavy atom. The summed E-state index contributed by atoms with van der Waals surface area (Å²) in [6.45, 7) is 0. The van der Waals surface area contributed by atoms with Gasteiger partial charge in [0.25, 0.3) is 0 Å². The zero-order valence-corrected chi connectivity index (χ0v) is 8.79. The van der Waals surface area contributed by atoms with Gasteiger partial charge in [0.1, 0.15) is 0 Å². The van der Waals surface area contributed by atoms with Crippen molar-refractivity contribution in [1.82, 2.24) is 0 Å². The Morgan fingerprint density at radius 1 is 0.938 bits per heavy atom. The second kappa shape index (κ2) is 3.27. The van der Waals surface area contributed by atoms with Crippen LogP contribution < -0.4 is 0 Å². The fourth-order valence-corrected chi connectivity index (χ4v) is 2.36. The molecule has 0 radical (unpaired) electrons. The van der Waals surface area contributed by atoms with Gasteiger partial charge in [0.05, 0.1) is 0 Å². The second-order valence-corrected chi connectivity index (χ2v) is 4.57. The highest BCUT2D eigenvalue weighted by molar-refractivity contribution is 5.83. The van der Waals surface area contributed by atoms with Gasteiger partial charge in [-0.2, -0.15) is 0 Å². The third kappa shape index (κ3) is 1.58. The Morgan fingerprint density at radius 3 is 2.31 bits per heavy atom. The molecule has 0 saturated heterocycles. The summed E-state index contributed by atoms with van der Waals surface area (Å²) < 4.78 is 25.6. The fraction of sp³-hybridized carbons (Fsp3) is 0.286. The standard InChI is InChI=1S/C14H12F2/c15-14(16)8-13(9-14)12-6-5-10-3-1-2-4-11(10)7-12/h1-7,13H,8-9H2. The summed E-state index contributed by atoms with van der Waals surface area (Å²) in [5.41, 5.74) is 1.05. The number of benzene rings is 2. The van der Waals surface area contributed by atoms with Gasteiger partial charge in [-0.1, -0.05) is 42.5 Å². The predicted octanol–water partition coefficient (Wildman–Crippen LogP) is 4.35. The molecule has 3 rings (SSSR count). The Labute approximate surface area is 92.9 Å². The Hall–Kier alpha value is -1.44. The van der Waals surface area contributed by atoms with E-state index < -0.39 is 5.92 Å². The smallest absolute Gasteiger partial charge is 0.207 e. The maximum absolute atomic E-state index is 12.8. The van der Waals surface area contributed by atoms with Crippen LogP contribution in [0.25, 0.3) is 10.8 Å². The first-order valence-electron chi connectivity index (χ1n) is 5.51. The normalized spacial score (nSPS) is 19.6. The molecule has 1 aliphatic rings. The molecule has 0 amide bonds. The van der Waals surface area contributed by atoms with Crippen LogP contribution in [0.4, 0.5) is 8.78 Å². The Balaban J connectivity index is 1.94. The van der Waals surface area contributed by atoms with Crippen LogP contribution in [0, 0.1) is 0 Å². The lowest BCUT2D eigenvalue weighted by atomic mass is 9.76. The van der Waals surface area contributed by atoms with E-state index >= 15 is 0 Å². The third-order valence-corrected chi connectivity index (χ3v) is 3.34. The van der Waals surface area contributed by atoms with Crippen LogP contribution in [0.1, 0.15) is 24.3 Å². The van der Waals surface area contributed by atoms with E-state index in [1.165, 1.54) is 0 Å². The van der Waals surface area contributed by atoms with Gasteiger partial charge in [0, 0.05) is 12.8 Å². The van der Waals surface area contributed by atoms with Crippen molar-refractivity contribution < 1.29 is 8.78 Å². The number of hydrogen-bond donors (Lipinski definition) is 0. The molecule has 0 aliphatic heterocycles. The lowest BCUT2D eigenvalue weighted by Crippen LogP contribution is -2.33. The highest BCUT2D eigenvalue weighted by Gasteiger charge is 2.45. The van der Waals surface area contributed by atoms with Crippen molar-refractivity contribution >= 4 is 10.8 Å². The number of alkyl halides is 2. The van der Waals surface area contributed by atoms with Crippen LogP contribution in [0.15, 0.2) is 42.5 Å². The Bertz CT molecular complexity index is 523. The molecule has 1 aliphatic carbocycles. The Kier molecular flexibility index (Phi) is 2.00. The highest BCUT2D eigenvalue weighted by atomic mass is 19.3. The van der Waals surface area contributed by atoms with Crippen molar-refractivity contribution in [3.63, 3.8) is 0 Å². The van der Waals surface area contributed by atoms with Crippen molar-refractivity contribution in [2.24, 2.45) is 0 Å². The summed E-state index contributed by atoms with van der Waals surface area (Å²) in [5, 5.41) is 2.30. The molecule has 0 nitrogen and oxygen atoms in total. The minimum atomic E-state index is -2.43. The quantitative estimate of drug-likeness (QED) is 0.667. The van der Waals surface area contributed by atoms with E-state index in [4.69, 9.17) is 0 Å².